The molecule has 7 heteroatoms. The molecule has 0 spiro atoms. The molecule has 1 atom stereocenters. The molecule has 1 aliphatic carbocycles. The van der Waals surface area contributed by atoms with Gasteiger partial charge in [-0.2, -0.15) is 4.52 Å². The highest BCUT2D eigenvalue weighted by Gasteiger charge is 2.29. The summed E-state index contributed by atoms with van der Waals surface area (Å²) in [5.41, 5.74) is 3.36. The molecule has 140 valence electrons. The second kappa shape index (κ2) is 6.68. The summed E-state index contributed by atoms with van der Waals surface area (Å²) in [7, 11) is 0. The van der Waals surface area contributed by atoms with Crippen LogP contribution in [-0.4, -0.2) is 39.4 Å². The normalized spacial score (nSPS) is 19.8. The summed E-state index contributed by atoms with van der Waals surface area (Å²) in [5.74, 6) is 3.01. The minimum absolute atomic E-state index is 0.534. The summed E-state index contributed by atoms with van der Waals surface area (Å²) < 4.78 is 1.90. The van der Waals surface area contributed by atoms with Crippen molar-refractivity contribution in [3.8, 4) is 0 Å². The average molecular weight is 383 g/mol. The molecule has 5 rings (SSSR count). The Kier molecular flexibility index (Phi) is 4.16. The van der Waals surface area contributed by atoms with Gasteiger partial charge in [-0.3, -0.25) is 0 Å². The number of nitrogens with zero attached hydrogens (tertiary/aromatic N) is 5. The van der Waals surface area contributed by atoms with E-state index in [1.165, 1.54) is 30.5 Å². The largest absolute Gasteiger partial charge is 0.371 e. The second-order valence-corrected chi connectivity index (χ2v) is 8.17. The Morgan fingerprint density at radius 1 is 1.15 bits per heavy atom. The third kappa shape index (κ3) is 3.34. The number of rotatable bonds is 5. The van der Waals surface area contributed by atoms with E-state index in [-0.39, 0.29) is 0 Å². The molecular formula is C20H23ClN6. The molecule has 6 nitrogen and oxygen atoms in total. The van der Waals surface area contributed by atoms with Crippen molar-refractivity contribution in [3.05, 3.63) is 46.7 Å². The van der Waals surface area contributed by atoms with E-state index >= 15 is 0 Å². The Morgan fingerprint density at radius 2 is 2.04 bits per heavy atom. The standard InChI is InChI=1S/C20H23ClN6/c1-13-2-5-16(21)10-17(13)26-9-8-14(12-26)11-22-18-6-7-19-23-24-20(15-3-4-15)27(19)25-18/h2,5-7,10,14-15H,3-4,8-9,11-12H2,1H3,(H,22,25). The van der Waals surface area contributed by atoms with Crippen molar-refractivity contribution in [2.24, 2.45) is 5.92 Å². The van der Waals surface area contributed by atoms with E-state index in [1.54, 1.807) is 0 Å². The van der Waals surface area contributed by atoms with Crippen LogP contribution < -0.4 is 10.2 Å². The van der Waals surface area contributed by atoms with Gasteiger partial charge in [0.25, 0.3) is 0 Å². The monoisotopic (exact) mass is 382 g/mol. The number of hydrogen-bond acceptors (Lipinski definition) is 5. The molecule has 1 unspecified atom stereocenters. The van der Waals surface area contributed by atoms with Gasteiger partial charge in [-0.1, -0.05) is 17.7 Å². The summed E-state index contributed by atoms with van der Waals surface area (Å²) in [6.45, 7) is 5.16. The highest BCUT2D eigenvalue weighted by molar-refractivity contribution is 6.30. The van der Waals surface area contributed by atoms with Gasteiger partial charge in [0.1, 0.15) is 5.82 Å². The first-order valence-electron chi connectivity index (χ1n) is 9.65. The molecular weight excluding hydrogens is 360 g/mol. The molecule has 1 N–H and O–H groups in total. The van der Waals surface area contributed by atoms with E-state index in [2.05, 4.69) is 39.5 Å². The van der Waals surface area contributed by atoms with Crippen molar-refractivity contribution in [1.29, 1.82) is 0 Å². The van der Waals surface area contributed by atoms with Crippen LogP contribution in [0.25, 0.3) is 5.65 Å². The number of benzene rings is 1. The third-order valence-electron chi connectivity index (χ3n) is 5.60. The van der Waals surface area contributed by atoms with Crippen LogP contribution in [0.1, 0.15) is 36.6 Å². The van der Waals surface area contributed by atoms with Crippen LogP contribution in [0.15, 0.2) is 30.3 Å². The van der Waals surface area contributed by atoms with Gasteiger partial charge >= 0.3 is 0 Å². The summed E-state index contributed by atoms with van der Waals surface area (Å²) >= 11 is 6.19. The van der Waals surface area contributed by atoms with E-state index in [9.17, 15) is 0 Å². The number of hydrogen-bond donors (Lipinski definition) is 1. The molecule has 2 fully saturated rings. The molecule has 1 aromatic carbocycles. The first kappa shape index (κ1) is 16.8. The fraction of sp³-hybridized carbons (Fsp3) is 0.450. The Balaban J connectivity index is 1.25. The highest BCUT2D eigenvalue weighted by Crippen LogP contribution is 2.38. The molecule has 0 bridgehead atoms. The van der Waals surface area contributed by atoms with Gasteiger partial charge in [0.15, 0.2) is 11.5 Å². The lowest BCUT2D eigenvalue weighted by atomic mass is 10.1. The summed E-state index contributed by atoms with van der Waals surface area (Å²) in [5, 5.41) is 17.5. The van der Waals surface area contributed by atoms with E-state index in [4.69, 9.17) is 16.7 Å². The second-order valence-electron chi connectivity index (χ2n) is 7.73. The number of nitrogens with one attached hydrogen (secondary N) is 1. The lowest BCUT2D eigenvalue weighted by Crippen LogP contribution is -2.23. The van der Waals surface area contributed by atoms with Gasteiger partial charge in [0, 0.05) is 36.3 Å². The molecule has 3 heterocycles. The number of fused-ring (bicyclic) bond motifs is 1. The van der Waals surface area contributed by atoms with Crippen LogP contribution in [0.4, 0.5) is 11.5 Å². The number of halogens is 1. The predicted octanol–water partition coefficient (Wildman–Crippen LogP) is 3.90. The van der Waals surface area contributed by atoms with Crippen LogP contribution in [0.5, 0.6) is 0 Å². The molecule has 1 saturated heterocycles. The van der Waals surface area contributed by atoms with E-state index in [1.807, 2.05) is 22.7 Å². The first-order chi connectivity index (χ1) is 13.2. The van der Waals surface area contributed by atoms with Crippen LogP contribution in [-0.2, 0) is 0 Å². The zero-order chi connectivity index (χ0) is 18.4. The van der Waals surface area contributed by atoms with Crippen LogP contribution >= 0.6 is 11.6 Å². The maximum absolute atomic E-state index is 6.19. The number of aryl methyl sites for hydroxylation is 1. The van der Waals surface area contributed by atoms with Crippen molar-refractivity contribution >= 4 is 28.8 Å². The fourth-order valence-electron chi connectivity index (χ4n) is 3.89. The van der Waals surface area contributed by atoms with Gasteiger partial charge in [-0.05, 0) is 61.9 Å². The molecule has 1 saturated carbocycles. The number of aromatic nitrogens is 4. The van der Waals surface area contributed by atoms with Crippen molar-refractivity contribution in [3.63, 3.8) is 0 Å². The summed E-state index contributed by atoms with van der Waals surface area (Å²) in [4.78, 5) is 2.44. The Bertz CT molecular complexity index is 980. The van der Waals surface area contributed by atoms with Gasteiger partial charge in [-0.25, -0.2) is 0 Å². The van der Waals surface area contributed by atoms with Crippen molar-refractivity contribution in [1.82, 2.24) is 19.8 Å². The minimum Gasteiger partial charge on any atom is -0.371 e. The maximum atomic E-state index is 6.19. The average Bonchev–Trinajstić information content (AvgIpc) is 3.26. The zero-order valence-electron chi connectivity index (χ0n) is 15.4. The fourth-order valence-corrected chi connectivity index (χ4v) is 4.05. The Morgan fingerprint density at radius 3 is 2.89 bits per heavy atom. The molecule has 2 aromatic heterocycles. The molecule has 1 aliphatic heterocycles. The Labute approximate surface area is 163 Å². The minimum atomic E-state index is 0.534. The third-order valence-corrected chi connectivity index (χ3v) is 5.83. The quantitative estimate of drug-likeness (QED) is 0.725. The molecule has 0 radical (unpaired) electrons. The Hall–Kier alpha value is -2.34. The smallest absolute Gasteiger partial charge is 0.178 e. The van der Waals surface area contributed by atoms with Gasteiger partial charge in [0.05, 0.1) is 0 Å². The van der Waals surface area contributed by atoms with Gasteiger partial charge < -0.3 is 10.2 Å². The van der Waals surface area contributed by atoms with Crippen molar-refractivity contribution < 1.29 is 0 Å². The topological polar surface area (TPSA) is 58.3 Å². The predicted molar refractivity (Wildman–Crippen MR) is 108 cm³/mol. The molecule has 2 aliphatic rings. The SMILES string of the molecule is Cc1ccc(Cl)cc1N1CCC(CNc2ccc3nnc(C4CC4)n3n2)C1. The number of anilines is 2. The van der Waals surface area contributed by atoms with Gasteiger partial charge in [0.2, 0.25) is 0 Å². The molecule has 0 amide bonds. The van der Waals surface area contributed by atoms with E-state index < -0.39 is 0 Å². The first-order valence-corrected chi connectivity index (χ1v) is 10.0. The van der Waals surface area contributed by atoms with E-state index in [0.29, 0.717) is 11.8 Å². The van der Waals surface area contributed by atoms with Crippen LogP contribution in [0.3, 0.4) is 0 Å². The van der Waals surface area contributed by atoms with Crippen LogP contribution in [0.2, 0.25) is 5.02 Å². The van der Waals surface area contributed by atoms with Crippen molar-refractivity contribution in [2.75, 3.05) is 29.9 Å². The summed E-state index contributed by atoms with van der Waals surface area (Å²) in [6, 6.07) is 10.1. The highest BCUT2D eigenvalue weighted by atomic mass is 35.5. The lowest BCUT2D eigenvalue weighted by Gasteiger charge is -2.21. The molecule has 27 heavy (non-hydrogen) atoms. The van der Waals surface area contributed by atoms with E-state index in [0.717, 1.165) is 41.9 Å². The maximum Gasteiger partial charge on any atom is 0.178 e. The van der Waals surface area contributed by atoms with Crippen molar-refractivity contribution in [2.45, 2.75) is 32.1 Å². The zero-order valence-corrected chi connectivity index (χ0v) is 16.2. The molecule has 3 aromatic rings. The van der Waals surface area contributed by atoms with Gasteiger partial charge in [-0.15, -0.1) is 15.3 Å². The lowest BCUT2D eigenvalue weighted by molar-refractivity contribution is 0.619. The summed E-state index contributed by atoms with van der Waals surface area (Å²) in [6.07, 6.45) is 3.56. The van der Waals surface area contributed by atoms with Crippen LogP contribution in [0, 0.1) is 12.8 Å².